The molecule has 0 heterocycles. The van der Waals surface area contributed by atoms with Gasteiger partial charge in [0, 0.05) is 0 Å². The molecule has 0 aliphatic carbocycles. The van der Waals surface area contributed by atoms with E-state index < -0.39 is 17.5 Å². The van der Waals surface area contributed by atoms with Gasteiger partial charge in [0.2, 0.25) is 0 Å². The maximum absolute atomic E-state index is 12.7. The van der Waals surface area contributed by atoms with Crippen LogP contribution in [0.2, 0.25) is 0 Å². The third-order valence-electron chi connectivity index (χ3n) is 5.46. The Morgan fingerprint density at radius 1 is 0.867 bits per heavy atom. The number of alkyl halides is 3. The summed E-state index contributed by atoms with van der Waals surface area (Å²) in [7, 11) is 4.20. The van der Waals surface area contributed by atoms with Gasteiger partial charge in [-0.3, -0.25) is 4.79 Å². The molecular formula is C24H39F3NO2+. The first-order valence-electron chi connectivity index (χ1n) is 11.3. The molecule has 0 aromatic heterocycles. The Labute approximate surface area is 180 Å². The fraction of sp³-hybridized carbons (Fsp3) is 0.708. The largest absolute Gasteiger partial charge is 0.487 e. The fourth-order valence-corrected chi connectivity index (χ4v) is 3.47. The van der Waals surface area contributed by atoms with Gasteiger partial charge in [-0.05, 0) is 25.0 Å². The van der Waals surface area contributed by atoms with Gasteiger partial charge in [0.1, 0.15) is 18.9 Å². The van der Waals surface area contributed by atoms with Crippen LogP contribution in [-0.2, 0) is 0 Å². The van der Waals surface area contributed by atoms with Gasteiger partial charge in [-0.1, -0.05) is 70.4 Å². The van der Waals surface area contributed by atoms with E-state index in [0.29, 0.717) is 6.54 Å². The van der Waals surface area contributed by atoms with Crippen LogP contribution in [0.5, 0.6) is 5.75 Å². The summed E-state index contributed by atoms with van der Waals surface area (Å²) in [5.74, 6) is -1.86. The smallest absolute Gasteiger partial charge is 0.455 e. The molecule has 172 valence electrons. The average molecular weight is 431 g/mol. The van der Waals surface area contributed by atoms with Gasteiger partial charge in [-0.2, -0.15) is 13.2 Å². The second-order valence-electron chi connectivity index (χ2n) is 8.74. The number of carbonyl (C=O) groups excluding carboxylic acids is 1. The minimum absolute atomic E-state index is 0.00115. The summed E-state index contributed by atoms with van der Waals surface area (Å²) in [6, 6.07) is 5.57. The molecule has 0 N–H and O–H groups in total. The first kappa shape index (κ1) is 26.5. The number of likely N-dealkylation sites (N-methyl/N-ethyl adjacent to an activating group) is 1. The first-order valence-corrected chi connectivity index (χ1v) is 11.3. The third kappa shape index (κ3) is 11.0. The highest BCUT2D eigenvalue weighted by molar-refractivity contribution is 6.02. The quantitative estimate of drug-likeness (QED) is 0.164. The van der Waals surface area contributed by atoms with E-state index in [1.54, 1.807) is 6.07 Å². The molecule has 0 radical (unpaired) electrons. The van der Waals surface area contributed by atoms with Crippen molar-refractivity contribution >= 4 is 5.78 Å². The van der Waals surface area contributed by atoms with Gasteiger partial charge in [0.15, 0.2) is 0 Å². The standard InChI is InChI=1S/C24H39F3NO2/c1-4-5-6-7-8-9-10-11-12-15-18-28(2,3)19-20-30-22-17-14-13-16-21(22)23(29)24(25,26)27/h13-14,16-17H,4-12,15,18-20H2,1-3H3/q+1. The predicted molar refractivity (Wildman–Crippen MR) is 116 cm³/mol. The predicted octanol–water partition coefficient (Wildman–Crippen LogP) is 6.81. The first-order chi connectivity index (χ1) is 14.2. The van der Waals surface area contributed by atoms with Crippen LogP contribution in [0.15, 0.2) is 24.3 Å². The number of unbranched alkanes of at least 4 members (excludes halogenated alkanes) is 9. The van der Waals surface area contributed by atoms with Crippen molar-refractivity contribution in [1.82, 2.24) is 0 Å². The van der Waals surface area contributed by atoms with Crippen molar-refractivity contribution in [2.45, 2.75) is 77.3 Å². The molecule has 1 rings (SSSR count). The lowest BCUT2D eigenvalue weighted by molar-refractivity contribution is -0.890. The van der Waals surface area contributed by atoms with Gasteiger partial charge in [0.05, 0.1) is 26.2 Å². The van der Waals surface area contributed by atoms with Crippen molar-refractivity contribution < 1.29 is 27.2 Å². The van der Waals surface area contributed by atoms with Crippen LogP contribution in [0.1, 0.15) is 81.5 Å². The Kier molecular flexibility index (Phi) is 12.1. The maximum atomic E-state index is 12.7. The Morgan fingerprint density at radius 3 is 1.97 bits per heavy atom. The molecular weight excluding hydrogens is 391 g/mol. The Balaban J connectivity index is 2.26. The lowest BCUT2D eigenvalue weighted by Gasteiger charge is -2.30. The summed E-state index contributed by atoms with van der Waals surface area (Å²) >= 11 is 0. The molecule has 30 heavy (non-hydrogen) atoms. The third-order valence-corrected chi connectivity index (χ3v) is 5.46. The van der Waals surface area contributed by atoms with Crippen molar-refractivity contribution in [2.24, 2.45) is 0 Å². The summed E-state index contributed by atoms with van der Waals surface area (Å²) in [5.41, 5.74) is -0.426. The van der Waals surface area contributed by atoms with E-state index in [1.165, 1.54) is 69.9 Å². The highest BCUT2D eigenvalue weighted by Crippen LogP contribution is 2.27. The molecule has 0 aliphatic rings. The van der Waals surface area contributed by atoms with E-state index in [9.17, 15) is 18.0 Å². The topological polar surface area (TPSA) is 26.3 Å². The van der Waals surface area contributed by atoms with Crippen molar-refractivity contribution in [1.29, 1.82) is 0 Å². The summed E-state index contributed by atoms with van der Waals surface area (Å²) < 4.78 is 44.5. The van der Waals surface area contributed by atoms with Gasteiger partial charge < -0.3 is 9.22 Å². The number of para-hydroxylation sites is 1. The van der Waals surface area contributed by atoms with Crippen molar-refractivity contribution in [3.8, 4) is 5.75 Å². The van der Waals surface area contributed by atoms with Crippen LogP contribution in [0.25, 0.3) is 0 Å². The molecule has 0 saturated heterocycles. The number of hydrogen-bond acceptors (Lipinski definition) is 2. The number of Topliss-reactive ketones (excluding diaryl/α,β-unsaturated/α-hetero) is 1. The molecule has 6 heteroatoms. The zero-order chi connectivity index (χ0) is 22.5. The van der Waals surface area contributed by atoms with Crippen molar-refractivity contribution in [3.63, 3.8) is 0 Å². The Bertz CT molecular complexity index is 615. The highest BCUT2D eigenvalue weighted by Gasteiger charge is 2.40. The molecule has 1 aromatic rings. The Hall–Kier alpha value is -1.56. The normalized spacial score (nSPS) is 12.2. The van der Waals surface area contributed by atoms with Crippen LogP contribution in [-0.4, -0.2) is 50.2 Å². The summed E-state index contributed by atoms with van der Waals surface area (Å²) in [4.78, 5) is 11.6. The van der Waals surface area contributed by atoms with Gasteiger partial charge >= 0.3 is 6.18 Å². The average Bonchev–Trinajstić information content (AvgIpc) is 2.68. The summed E-state index contributed by atoms with van der Waals surface area (Å²) in [6.45, 7) is 4.18. The van der Waals surface area contributed by atoms with Gasteiger partial charge in [-0.25, -0.2) is 0 Å². The number of carbonyl (C=O) groups is 1. The number of nitrogens with zero attached hydrogens (tertiary/aromatic N) is 1. The minimum atomic E-state index is -4.90. The second kappa shape index (κ2) is 13.7. The molecule has 0 aliphatic heterocycles. The molecule has 0 atom stereocenters. The number of quaternary nitrogens is 1. The Morgan fingerprint density at radius 2 is 1.40 bits per heavy atom. The lowest BCUT2D eigenvalue weighted by atomic mass is 10.1. The van der Waals surface area contributed by atoms with Crippen molar-refractivity contribution in [3.05, 3.63) is 29.8 Å². The summed E-state index contributed by atoms with van der Waals surface area (Å²) in [5, 5.41) is 0. The number of benzene rings is 1. The van der Waals surface area contributed by atoms with Crippen molar-refractivity contribution in [2.75, 3.05) is 33.8 Å². The van der Waals surface area contributed by atoms with Crippen LogP contribution < -0.4 is 4.74 Å². The fourth-order valence-electron chi connectivity index (χ4n) is 3.47. The van der Waals surface area contributed by atoms with Gasteiger partial charge in [0.25, 0.3) is 5.78 Å². The van der Waals surface area contributed by atoms with E-state index in [1.807, 2.05) is 0 Å². The molecule has 0 fully saturated rings. The molecule has 1 aromatic carbocycles. The number of hydrogen-bond donors (Lipinski definition) is 0. The molecule has 0 spiro atoms. The molecule has 0 amide bonds. The van der Waals surface area contributed by atoms with Crippen LogP contribution in [0.3, 0.4) is 0 Å². The van der Waals surface area contributed by atoms with Crippen LogP contribution >= 0.6 is 0 Å². The number of halogens is 3. The molecule has 3 nitrogen and oxygen atoms in total. The zero-order valence-electron chi connectivity index (χ0n) is 18.9. The van der Waals surface area contributed by atoms with Crippen LogP contribution in [0, 0.1) is 0 Å². The van der Waals surface area contributed by atoms with E-state index in [0.717, 1.165) is 23.5 Å². The number of ether oxygens (including phenoxy) is 1. The molecule has 0 saturated carbocycles. The highest BCUT2D eigenvalue weighted by atomic mass is 19.4. The van der Waals surface area contributed by atoms with E-state index in [4.69, 9.17) is 4.74 Å². The zero-order valence-corrected chi connectivity index (χ0v) is 18.9. The van der Waals surface area contributed by atoms with E-state index in [2.05, 4.69) is 21.0 Å². The molecule has 0 bridgehead atoms. The SMILES string of the molecule is CCCCCCCCCCCC[N+](C)(C)CCOc1ccccc1C(=O)C(F)(F)F. The minimum Gasteiger partial charge on any atom is -0.487 e. The molecule has 0 unspecified atom stereocenters. The maximum Gasteiger partial charge on any atom is 0.455 e. The summed E-state index contributed by atoms with van der Waals surface area (Å²) in [6.07, 6.45) is 8.02. The lowest BCUT2D eigenvalue weighted by Crippen LogP contribution is -2.43. The number of rotatable bonds is 16. The van der Waals surface area contributed by atoms with Crippen LogP contribution in [0.4, 0.5) is 13.2 Å². The number of ketones is 1. The van der Waals surface area contributed by atoms with Gasteiger partial charge in [-0.15, -0.1) is 0 Å². The van der Waals surface area contributed by atoms with E-state index in [-0.39, 0.29) is 12.4 Å². The monoisotopic (exact) mass is 430 g/mol. The second-order valence-corrected chi connectivity index (χ2v) is 8.74. The van der Waals surface area contributed by atoms with E-state index >= 15 is 0 Å².